The van der Waals surface area contributed by atoms with Gasteiger partial charge >= 0.3 is 83.4 Å². The summed E-state index contributed by atoms with van der Waals surface area (Å²) in [4.78, 5) is 0. The average molecular weight is 158 g/mol. The van der Waals surface area contributed by atoms with Crippen LogP contribution < -0.4 is 10.6 Å². The summed E-state index contributed by atoms with van der Waals surface area (Å²) in [6, 6.07) is 0.400. The molecule has 62 valence electrons. The number of allylic oxidation sites excluding steroid dienone is 2. The normalized spacial score (nSPS) is 34.2. The topological polar surface area (TPSA) is 24.1 Å². The van der Waals surface area contributed by atoms with Crippen LogP contribution in [0.3, 0.4) is 0 Å². The zero-order valence-corrected chi connectivity index (χ0v) is 8.09. The summed E-state index contributed by atoms with van der Waals surface area (Å²) in [6.45, 7) is 0. The van der Waals surface area contributed by atoms with Crippen LogP contribution in [0.1, 0.15) is 0 Å². The average Bonchev–Trinajstić information content (AvgIpc) is 2.17. The van der Waals surface area contributed by atoms with E-state index in [1.165, 1.54) is 0 Å². The van der Waals surface area contributed by atoms with E-state index >= 15 is 0 Å². The molecule has 0 spiro atoms. The number of hydrogen-bond acceptors (Lipinski definition) is 2. The molecular weight excluding hydrogens is 143 g/mol. The van der Waals surface area contributed by atoms with E-state index in [2.05, 4.69) is 52.7 Å². The SMILES string of the molecule is [Li][CH2]C1(NC)C=CC=CC1NC. The maximum absolute atomic E-state index is 3.37. The first kappa shape index (κ1) is 10.1. The Morgan fingerprint density at radius 3 is 2.58 bits per heavy atom. The van der Waals surface area contributed by atoms with Crippen molar-refractivity contribution < 1.29 is 0 Å². The van der Waals surface area contributed by atoms with Crippen molar-refractivity contribution >= 4 is 17.7 Å². The van der Waals surface area contributed by atoms with Crippen molar-refractivity contribution in [3.8, 4) is 0 Å². The molecule has 0 bridgehead atoms. The quantitative estimate of drug-likeness (QED) is 0.575. The van der Waals surface area contributed by atoms with Gasteiger partial charge in [-0.1, -0.05) is 0 Å². The van der Waals surface area contributed by atoms with Crippen molar-refractivity contribution in [1.29, 1.82) is 0 Å². The molecule has 2 nitrogen and oxygen atoms in total. The predicted molar refractivity (Wildman–Crippen MR) is 53.5 cm³/mol. The molecule has 1 aliphatic carbocycles. The van der Waals surface area contributed by atoms with Crippen molar-refractivity contribution in [2.75, 3.05) is 14.1 Å². The molecule has 0 amide bonds. The summed E-state index contributed by atoms with van der Waals surface area (Å²) in [5.41, 5.74) is 0.101. The van der Waals surface area contributed by atoms with E-state index in [1.54, 1.807) is 0 Å². The third kappa shape index (κ3) is 1.67. The minimum absolute atomic E-state index is 0.101. The second-order valence-corrected chi connectivity index (χ2v) is 3.15. The molecule has 0 heterocycles. The number of rotatable bonds is 3. The first-order chi connectivity index (χ1) is 5.79. The van der Waals surface area contributed by atoms with Gasteiger partial charge in [0.15, 0.2) is 0 Å². The van der Waals surface area contributed by atoms with Crippen molar-refractivity contribution in [1.82, 2.24) is 10.6 Å². The minimum atomic E-state index is 0.101. The van der Waals surface area contributed by atoms with Crippen molar-refractivity contribution in [3.63, 3.8) is 0 Å². The van der Waals surface area contributed by atoms with Crippen LogP contribution in [0.15, 0.2) is 24.3 Å². The van der Waals surface area contributed by atoms with Crippen LogP contribution >= 0.6 is 0 Å². The second kappa shape index (κ2) is 4.30. The zero-order chi connectivity index (χ0) is 9.03. The van der Waals surface area contributed by atoms with Gasteiger partial charge < -0.3 is 0 Å². The molecule has 0 aromatic heterocycles. The van der Waals surface area contributed by atoms with Gasteiger partial charge in [0.25, 0.3) is 0 Å². The fourth-order valence-corrected chi connectivity index (χ4v) is 1.79. The summed E-state index contributed by atoms with van der Waals surface area (Å²) < 4.78 is 0. The van der Waals surface area contributed by atoms with Gasteiger partial charge in [-0.15, -0.1) is 0 Å². The van der Waals surface area contributed by atoms with Gasteiger partial charge in [-0.05, 0) is 0 Å². The molecule has 0 radical (unpaired) electrons. The Labute approximate surface area is 83.7 Å². The fraction of sp³-hybridized carbons (Fsp3) is 0.556. The first-order valence-electron chi connectivity index (χ1n) is 4.51. The summed E-state index contributed by atoms with van der Waals surface area (Å²) in [7, 11) is 4.01. The molecule has 2 N–H and O–H groups in total. The standard InChI is InChI=1S/C9H15N2.Li/c1-9(11-3)7-5-4-6-8(9)10-2;/h4-8,10-11H,1H2,2-3H3;. The number of nitrogens with one attached hydrogen (secondary N) is 2. The van der Waals surface area contributed by atoms with Crippen LogP contribution in [0.25, 0.3) is 0 Å². The van der Waals surface area contributed by atoms with Gasteiger partial charge in [0, 0.05) is 0 Å². The molecule has 0 aliphatic heterocycles. The predicted octanol–water partition coefficient (Wildman–Crippen LogP) is 0.245. The van der Waals surface area contributed by atoms with Crippen molar-refractivity contribution in [2.45, 2.75) is 16.7 Å². The summed E-state index contributed by atoms with van der Waals surface area (Å²) >= 11 is 2.20. The van der Waals surface area contributed by atoms with Crippen LogP contribution in [0.2, 0.25) is 5.09 Å². The van der Waals surface area contributed by atoms with Crippen LogP contribution in [0.4, 0.5) is 0 Å². The Morgan fingerprint density at radius 2 is 2.17 bits per heavy atom. The van der Waals surface area contributed by atoms with Gasteiger partial charge in [-0.3, -0.25) is 0 Å². The van der Waals surface area contributed by atoms with Crippen LogP contribution in [-0.4, -0.2) is 43.4 Å². The molecule has 12 heavy (non-hydrogen) atoms. The monoisotopic (exact) mass is 158 g/mol. The molecule has 0 fully saturated rings. The molecule has 0 aromatic carbocycles. The van der Waals surface area contributed by atoms with E-state index in [9.17, 15) is 0 Å². The molecule has 1 aliphatic rings. The molecule has 3 heteroatoms. The first-order valence-corrected chi connectivity index (χ1v) is 4.51. The third-order valence-corrected chi connectivity index (χ3v) is 2.72. The fourth-order valence-electron chi connectivity index (χ4n) is 1.79. The maximum atomic E-state index is 3.37. The summed E-state index contributed by atoms with van der Waals surface area (Å²) in [5, 5.41) is 7.76. The van der Waals surface area contributed by atoms with Crippen LogP contribution in [-0.2, 0) is 0 Å². The third-order valence-electron chi connectivity index (χ3n) is 2.72. The Bertz CT molecular complexity index is 195. The second-order valence-electron chi connectivity index (χ2n) is 3.15. The summed E-state index contributed by atoms with van der Waals surface area (Å²) in [5.74, 6) is 0. The van der Waals surface area contributed by atoms with Crippen molar-refractivity contribution in [3.05, 3.63) is 24.3 Å². The van der Waals surface area contributed by atoms with E-state index in [4.69, 9.17) is 0 Å². The van der Waals surface area contributed by atoms with E-state index in [1.807, 2.05) is 14.1 Å². The summed E-state index contributed by atoms with van der Waals surface area (Å²) in [6.07, 6.45) is 8.62. The van der Waals surface area contributed by atoms with Crippen LogP contribution in [0, 0.1) is 0 Å². The van der Waals surface area contributed by atoms with E-state index in [-0.39, 0.29) is 5.54 Å². The molecule has 2 unspecified atom stereocenters. The molecule has 0 aromatic rings. The molecule has 0 saturated carbocycles. The van der Waals surface area contributed by atoms with E-state index in [0.29, 0.717) is 6.04 Å². The number of hydrogen-bond donors (Lipinski definition) is 2. The number of likely N-dealkylation sites (N-methyl/N-ethyl adjacent to an activating group) is 2. The van der Waals surface area contributed by atoms with Gasteiger partial charge in [0.1, 0.15) is 0 Å². The Balaban J connectivity index is 2.84. The molecular formula is C9H15LiN2. The molecule has 1 rings (SSSR count). The van der Waals surface area contributed by atoms with Crippen LogP contribution in [0.5, 0.6) is 0 Å². The van der Waals surface area contributed by atoms with Gasteiger partial charge in [0.05, 0.1) is 0 Å². The molecule has 2 atom stereocenters. The van der Waals surface area contributed by atoms with Gasteiger partial charge in [-0.2, -0.15) is 0 Å². The van der Waals surface area contributed by atoms with Crippen molar-refractivity contribution in [2.24, 2.45) is 0 Å². The van der Waals surface area contributed by atoms with Gasteiger partial charge in [0.2, 0.25) is 0 Å². The van der Waals surface area contributed by atoms with E-state index in [0.717, 1.165) is 5.09 Å². The Hall–Kier alpha value is -0.00260. The Morgan fingerprint density at radius 1 is 1.42 bits per heavy atom. The zero-order valence-electron chi connectivity index (χ0n) is 8.09. The molecule has 0 saturated heterocycles. The Kier molecular flexibility index (Phi) is 3.61. The van der Waals surface area contributed by atoms with E-state index < -0.39 is 0 Å². The van der Waals surface area contributed by atoms with Gasteiger partial charge in [-0.25, -0.2) is 0 Å².